The molecule has 0 aromatic heterocycles. The number of hydrogen-bond donors (Lipinski definition) is 2. The van der Waals surface area contributed by atoms with Crippen LogP contribution in [0.2, 0.25) is 0 Å². The van der Waals surface area contributed by atoms with Crippen LogP contribution in [0.1, 0.15) is 11.1 Å². The van der Waals surface area contributed by atoms with E-state index in [0.29, 0.717) is 6.42 Å². The number of carbonyl (C=O) groups is 1. The largest absolute Gasteiger partial charge is 0.445 e. The van der Waals surface area contributed by atoms with E-state index in [4.69, 9.17) is 10.00 Å². The van der Waals surface area contributed by atoms with E-state index in [2.05, 4.69) is 5.32 Å². The highest BCUT2D eigenvalue weighted by molar-refractivity contribution is 5.67. The number of alkyl carbamates (subject to hydrolysis) is 1. The molecule has 0 radical (unpaired) electrons. The number of ether oxygens (including phenoxy) is 1. The number of rotatable bonds is 6. The summed E-state index contributed by atoms with van der Waals surface area (Å²) in [4.78, 5) is 11.9. The van der Waals surface area contributed by atoms with E-state index in [0.717, 1.165) is 11.1 Å². The summed E-state index contributed by atoms with van der Waals surface area (Å²) in [5.41, 5.74) is 1.78. The number of aliphatic hydroxyl groups excluding tert-OH is 1. The molecule has 0 saturated carbocycles. The van der Waals surface area contributed by atoms with Crippen molar-refractivity contribution < 1.29 is 14.6 Å². The minimum Gasteiger partial charge on any atom is -0.445 e. The highest BCUT2D eigenvalue weighted by Crippen LogP contribution is 2.07. The maximum Gasteiger partial charge on any atom is 0.407 e. The molecule has 23 heavy (non-hydrogen) atoms. The lowest BCUT2D eigenvalue weighted by molar-refractivity contribution is 0.119. The van der Waals surface area contributed by atoms with Gasteiger partial charge in [0.15, 0.2) is 6.10 Å². The van der Waals surface area contributed by atoms with Gasteiger partial charge in [0.25, 0.3) is 0 Å². The van der Waals surface area contributed by atoms with Crippen molar-refractivity contribution in [3.05, 3.63) is 71.8 Å². The first-order chi connectivity index (χ1) is 11.2. The van der Waals surface area contributed by atoms with Gasteiger partial charge >= 0.3 is 6.09 Å². The van der Waals surface area contributed by atoms with Crippen molar-refractivity contribution in [3.63, 3.8) is 0 Å². The number of benzene rings is 2. The quantitative estimate of drug-likeness (QED) is 0.803. The predicted octanol–water partition coefficient (Wildman–Crippen LogP) is 2.41. The standard InChI is InChI=1S/C18H18N2O3/c19-12-17(21)16(11-14-7-3-1-4-8-14)20-18(22)23-13-15-9-5-2-6-10-15/h1-10,16-17,21H,11,13H2,(H,20,22)/t16-,17?/m0/s1. The Balaban J connectivity index is 1.92. The van der Waals surface area contributed by atoms with Crippen LogP contribution in [0.25, 0.3) is 0 Å². The van der Waals surface area contributed by atoms with Crippen LogP contribution in [0.5, 0.6) is 0 Å². The van der Waals surface area contributed by atoms with Crippen LogP contribution < -0.4 is 5.32 Å². The molecule has 5 nitrogen and oxygen atoms in total. The van der Waals surface area contributed by atoms with E-state index in [9.17, 15) is 9.90 Å². The lowest BCUT2D eigenvalue weighted by atomic mass is 10.0. The summed E-state index contributed by atoms with van der Waals surface area (Å²) in [6, 6.07) is 19.6. The minimum atomic E-state index is -1.31. The molecule has 0 aliphatic rings. The second kappa shape index (κ2) is 8.57. The van der Waals surface area contributed by atoms with Gasteiger partial charge in [0.2, 0.25) is 0 Å². The summed E-state index contributed by atoms with van der Waals surface area (Å²) in [7, 11) is 0. The summed E-state index contributed by atoms with van der Waals surface area (Å²) in [6.45, 7) is 0.132. The van der Waals surface area contributed by atoms with Crippen molar-refractivity contribution in [3.8, 4) is 6.07 Å². The third-order valence-electron chi connectivity index (χ3n) is 3.33. The Bertz CT molecular complexity index is 653. The van der Waals surface area contributed by atoms with Crippen LogP contribution in [-0.2, 0) is 17.8 Å². The van der Waals surface area contributed by atoms with Crippen molar-refractivity contribution in [2.75, 3.05) is 0 Å². The normalized spacial score (nSPS) is 12.7. The average Bonchev–Trinajstić information content (AvgIpc) is 2.60. The predicted molar refractivity (Wildman–Crippen MR) is 85.3 cm³/mol. The Morgan fingerprint density at radius 1 is 1.09 bits per heavy atom. The molecule has 1 amide bonds. The van der Waals surface area contributed by atoms with E-state index in [-0.39, 0.29) is 6.61 Å². The fourth-order valence-electron chi connectivity index (χ4n) is 2.12. The van der Waals surface area contributed by atoms with E-state index < -0.39 is 18.2 Å². The zero-order chi connectivity index (χ0) is 16.5. The van der Waals surface area contributed by atoms with Crippen molar-refractivity contribution >= 4 is 6.09 Å². The first-order valence-electron chi connectivity index (χ1n) is 7.28. The molecule has 1 unspecified atom stereocenters. The summed E-state index contributed by atoms with van der Waals surface area (Å²) < 4.78 is 5.12. The number of amides is 1. The molecular weight excluding hydrogens is 292 g/mol. The van der Waals surface area contributed by atoms with Gasteiger partial charge in [-0.2, -0.15) is 5.26 Å². The summed E-state index contributed by atoms with van der Waals surface area (Å²) in [6.07, 6.45) is -1.63. The topological polar surface area (TPSA) is 82.4 Å². The number of nitrogens with zero attached hydrogens (tertiary/aromatic N) is 1. The average molecular weight is 310 g/mol. The molecule has 0 spiro atoms. The Kier molecular flexibility index (Phi) is 6.16. The minimum absolute atomic E-state index is 0.132. The maximum atomic E-state index is 11.9. The van der Waals surface area contributed by atoms with Crippen molar-refractivity contribution in [1.82, 2.24) is 5.32 Å². The molecule has 2 rings (SSSR count). The van der Waals surface area contributed by atoms with Crippen LogP contribution in [-0.4, -0.2) is 23.3 Å². The maximum absolute atomic E-state index is 11.9. The zero-order valence-corrected chi connectivity index (χ0v) is 12.6. The van der Waals surface area contributed by atoms with Gasteiger partial charge in [-0.1, -0.05) is 60.7 Å². The molecule has 2 atom stereocenters. The molecule has 118 valence electrons. The smallest absolute Gasteiger partial charge is 0.407 e. The van der Waals surface area contributed by atoms with Crippen molar-refractivity contribution in [2.24, 2.45) is 0 Å². The van der Waals surface area contributed by atoms with Gasteiger partial charge < -0.3 is 15.2 Å². The summed E-state index contributed by atoms with van der Waals surface area (Å²) in [5.74, 6) is 0. The highest BCUT2D eigenvalue weighted by Gasteiger charge is 2.22. The van der Waals surface area contributed by atoms with Gasteiger partial charge in [-0.3, -0.25) is 0 Å². The lowest BCUT2D eigenvalue weighted by Gasteiger charge is -2.19. The number of aliphatic hydroxyl groups is 1. The second-order valence-corrected chi connectivity index (χ2v) is 5.08. The molecule has 0 fully saturated rings. The van der Waals surface area contributed by atoms with Gasteiger partial charge in [-0.15, -0.1) is 0 Å². The lowest BCUT2D eigenvalue weighted by Crippen LogP contribution is -2.44. The first-order valence-corrected chi connectivity index (χ1v) is 7.28. The molecule has 0 heterocycles. The van der Waals surface area contributed by atoms with Gasteiger partial charge in [-0.05, 0) is 17.5 Å². The van der Waals surface area contributed by atoms with E-state index in [1.54, 1.807) is 6.07 Å². The molecular formula is C18H18N2O3. The van der Waals surface area contributed by atoms with E-state index in [1.165, 1.54) is 0 Å². The summed E-state index contributed by atoms with van der Waals surface area (Å²) in [5, 5.41) is 21.2. The number of nitriles is 1. The monoisotopic (exact) mass is 310 g/mol. The zero-order valence-electron chi connectivity index (χ0n) is 12.6. The molecule has 2 N–H and O–H groups in total. The highest BCUT2D eigenvalue weighted by atomic mass is 16.5. The van der Waals surface area contributed by atoms with Crippen LogP contribution >= 0.6 is 0 Å². The Hall–Kier alpha value is -2.84. The molecule has 2 aromatic rings. The number of nitrogens with one attached hydrogen (secondary N) is 1. The van der Waals surface area contributed by atoms with E-state index >= 15 is 0 Å². The van der Waals surface area contributed by atoms with Crippen molar-refractivity contribution in [2.45, 2.75) is 25.2 Å². The molecule has 5 heteroatoms. The molecule has 0 bridgehead atoms. The molecule has 2 aromatic carbocycles. The third-order valence-corrected chi connectivity index (χ3v) is 3.33. The van der Waals surface area contributed by atoms with E-state index in [1.807, 2.05) is 60.7 Å². The Labute approximate surface area is 135 Å². The Morgan fingerprint density at radius 3 is 2.22 bits per heavy atom. The fourth-order valence-corrected chi connectivity index (χ4v) is 2.12. The number of hydrogen-bond acceptors (Lipinski definition) is 4. The number of carbonyl (C=O) groups excluding carboxylic acids is 1. The molecule has 0 saturated heterocycles. The second-order valence-electron chi connectivity index (χ2n) is 5.08. The molecule has 0 aliphatic carbocycles. The van der Waals surface area contributed by atoms with Gasteiger partial charge in [-0.25, -0.2) is 4.79 Å². The van der Waals surface area contributed by atoms with Crippen LogP contribution in [0.15, 0.2) is 60.7 Å². The third kappa shape index (κ3) is 5.46. The summed E-state index contributed by atoms with van der Waals surface area (Å²) >= 11 is 0. The SMILES string of the molecule is N#CC(O)[C@H](Cc1ccccc1)NC(=O)OCc1ccccc1. The molecule has 0 aliphatic heterocycles. The fraction of sp³-hybridized carbons (Fsp3) is 0.222. The van der Waals surface area contributed by atoms with Gasteiger partial charge in [0.1, 0.15) is 6.61 Å². The van der Waals surface area contributed by atoms with Crippen LogP contribution in [0.4, 0.5) is 4.79 Å². The van der Waals surface area contributed by atoms with Gasteiger partial charge in [0.05, 0.1) is 12.1 Å². The van der Waals surface area contributed by atoms with Crippen LogP contribution in [0.3, 0.4) is 0 Å². The Morgan fingerprint density at radius 2 is 1.65 bits per heavy atom. The first kappa shape index (κ1) is 16.5. The van der Waals surface area contributed by atoms with Gasteiger partial charge in [0, 0.05) is 0 Å². The van der Waals surface area contributed by atoms with Crippen LogP contribution in [0, 0.1) is 11.3 Å². The van der Waals surface area contributed by atoms with Crippen molar-refractivity contribution in [1.29, 1.82) is 5.26 Å².